The quantitative estimate of drug-likeness (QED) is 0.411. The average Bonchev–Trinajstić information content (AvgIpc) is 2.37. The van der Waals surface area contributed by atoms with Crippen LogP contribution in [0.3, 0.4) is 0 Å². The molecule has 112 valence electrons. The maximum atomic E-state index is 11.8. The zero-order valence-corrected chi connectivity index (χ0v) is 11.7. The topological polar surface area (TPSA) is 118 Å². The van der Waals surface area contributed by atoms with Gasteiger partial charge >= 0.3 is 5.97 Å². The van der Waals surface area contributed by atoms with E-state index in [1.54, 1.807) is 0 Å². The number of rotatable bonds is 11. The van der Waals surface area contributed by atoms with Crippen molar-refractivity contribution >= 4 is 11.9 Å². The lowest BCUT2D eigenvalue weighted by Gasteiger charge is -2.17. The Kier molecular flexibility index (Phi) is 10.1. The average molecular weight is 273 g/mol. The van der Waals surface area contributed by atoms with E-state index in [9.17, 15) is 9.59 Å². The maximum Gasteiger partial charge on any atom is 0.326 e. The number of carbonyl (C=O) groups is 2. The van der Waals surface area contributed by atoms with Crippen molar-refractivity contribution in [1.82, 2.24) is 5.32 Å². The van der Waals surface area contributed by atoms with Crippen LogP contribution in [0.5, 0.6) is 0 Å². The smallest absolute Gasteiger partial charge is 0.326 e. The predicted molar refractivity (Wildman–Crippen MR) is 74.6 cm³/mol. The zero-order chi connectivity index (χ0) is 14.7. The van der Waals surface area contributed by atoms with Gasteiger partial charge in [-0.05, 0) is 32.2 Å². The molecule has 0 aromatic rings. The van der Waals surface area contributed by atoms with Crippen molar-refractivity contribution in [2.24, 2.45) is 11.5 Å². The second-order valence-corrected chi connectivity index (χ2v) is 4.79. The maximum absolute atomic E-state index is 11.8. The Morgan fingerprint density at radius 1 is 1.16 bits per heavy atom. The Morgan fingerprint density at radius 3 is 2.32 bits per heavy atom. The molecule has 0 aromatic carbocycles. The van der Waals surface area contributed by atoms with E-state index < -0.39 is 18.1 Å². The lowest BCUT2D eigenvalue weighted by molar-refractivity contribution is -0.142. The Balaban J connectivity index is 4.11. The predicted octanol–water partition coefficient (Wildman–Crippen LogP) is 0.592. The number of amides is 1. The van der Waals surface area contributed by atoms with Crippen LogP contribution in [-0.2, 0) is 9.59 Å². The number of hydrogen-bond donors (Lipinski definition) is 4. The molecule has 0 aliphatic heterocycles. The number of nitrogens with two attached hydrogens (primary N) is 2. The molecule has 0 fully saturated rings. The van der Waals surface area contributed by atoms with E-state index in [2.05, 4.69) is 12.2 Å². The molecule has 0 saturated heterocycles. The minimum Gasteiger partial charge on any atom is -0.480 e. The molecule has 0 saturated carbocycles. The first-order valence-electron chi connectivity index (χ1n) is 7.01. The molecule has 0 heterocycles. The van der Waals surface area contributed by atoms with Gasteiger partial charge in [-0.2, -0.15) is 0 Å². The summed E-state index contributed by atoms with van der Waals surface area (Å²) in [5.41, 5.74) is 11.1. The van der Waals surface area contributed by atoms with E-state index in [0.717, 1.165) is 25.7 Å². The van der Waals surface area contributed by atoms with Gasteiger partial charge in [-0.1, -0.05) is 26.2 Å². The fraction of sp³-hybridized carbons (Fsp3) is 0.846. The fourth-order valence-corrected chi connectivity index (χ4v) is 1.77. The van der Waals surface area contributed by atoms with Crippen molar-refractivity contribution in [3.63, 3.8) is 0 Å². The summed E-state index contributed by atoms with van der Waals surface area (Å²) in [6, 6.07) is -1.49. The molecule has 0 radical (unpaired) electrons. The molecule has 0 aromatic heterocycles. The number of carboxylic acids is 1. The highest BCUT2D eigenvalue weighted by Gasteiger charge is 2.22. The monoisotopic (exact) mass is 273 g/mol. The third kappa shape index (κ3) is 8.56. The lowest BCUT2D eigenvalue weighted by Crippen LogP contribution is -2.48. The summed E-state index contributed by atoms with van der Waals surface area (Å²) in [5.74, 6) is -1.40. The summed E-state index contributed by atoms with van der Waals surface area (Å²) < 4.78 is 0. The molecular weight excluding hydrogens is 246 g/mol. The van der Waals surface area contributed by atoms with Crippen LogP contribution in [0.1, 0.15) is 51.9 Å². The highest BCUT2D eigenvalue weighted by Crippen LogP contribution is 2.04. The van der Waals surface area contributed by atoms with Crippen molar-refractivity contribution in [3.05, 3.63) is 0 Å². The van der Waals surface area contributed by atoms with Gasteiger partial charge in [0.25, 0.3) is 0 Å². The third-order valence-corrected chi connectivity index (χ3v) is 3.02. The molecule has 0 aliphatic carbocycles. The highest BCUT2D eigenvalue weighted by atomic mass is 16.4. The van der Waals surface area contributed by atoms with Gasteiger partial charge < -0.3 is 21.9 Å². The van der Waals surface area contributed by atoms with Gasteiger partial charge in [-0.15, -0.1) is 0 Å². The molecule has 0 spiro atoms. The van der Waals surface area contributed by atoms with Crippen LogP contribution in [0.15, 0.2) is 0 Å². The first-order valence-corrected chi connectivity index (χ1v) is 7.01. The molecule has 0 bridgehead atoms. The first kappa shape index (κ1) is 17.9. The van der Waals surface area contributed by atoms with Crippen LogP contribution in [-0.4, -0.2) is 35.6 Å². The van der Waals surface area contributed by atoms with Gasteiger partial charge in [0.05, 0.1) is 6.04 Å². The summed E-state index contributed by atoms with van der Waals surface area (Å²) in [6.45, 7) is 2.60. The minimum atomic E-state index is -1.02. The first-order chi connectivity index (χ1) is 9.02. The van der Waals surface area contributed by atoms with Crippen molar-refractivity contribution in [3.8, 4) is 0 Å². The van der Waals surface area contributed by atoms with Crippen molar-refractivity contribution in [2.45, 2.75) is 64.0 Å². The van der Waals surface area contributed by atoms with Crippen molar-refractivity contribution < 1.29 is 14.7 Å². The van der Waals surface area contributed by atoms with Crippen molar-refractivity contribution in [2.75, 3.05) is 6.54 Å². The number of hydrogen-bond acceptors (Lipinski definition) is 4. The molecular formula is C13H27N3O3. The normalized spacial score (nSPS) is 13.8. The Morgan fingerprint density at radius 2 is 1.79 bits per heavy atom. The van der Waals surface area contributed by atoms with Crippen LogP contribution in [0.25, 0.3) is 0 Å². The van der Waals surface area contributed by atoms with E-state index in [0.29, 0.717) is 25.8 Å². The molecule has 1 amide bonds. The number of carboxylic acid groups (broad SMARTS) is 1. The summed E-state index contributed by atoms with van der Waals surface area (Å²) in [7, 11) is 0. The van der Waals surface area contributed by atoms with Gasteiger partial charge in [-0.3, -0.25) is 4.79 Å². The minimum absolute atomic E-state index is 0.378. The lowest BCUT2D eigenvalue weighted by atomic mass is 10.1. The summed E-state index contributed by atoms with van der Waals surface area (Å²) >= 11 is 0. The van der Waals surface area contributed by atoms with Gasteiger partial charge in [0.1, 0.15) is 6.04 Å². The van der Waals surface area contributed by atoms with Gasteiger partial charge in [0.15, 0.2) is 0 Å². The molecule has 19 heavy (non-hydrogen) atoms. The largest absolute Gasteiger partial charge is 0.480 e. The molecule has 6 nitrogen and oxygen atoms in total. The van der Waals surface area contributed by atoms with Gasteiger partial charge in [-0.25, -0.2) is 4.79 Å². The SMILES string of the molecule is CCCCC[C@H](N)C(=O)NC(CCCCN)C(=O)O. The van der Waals surface area contributed by atoms with Crippen LogP contribution in [0.4, 0.5) is 0 Å². The standard InChI is InChI=1S/C13H27N3O3/c1-2-3-4-7-10(15)12(17)16-11(13(18)19)8-5-6-9-14/h10-11H,2-9,14-15H2,1H3,(H,16,17)(H,18,19)/t10-,11?/m0/s1. The highest BCUT2D eigenvalue weighted by molar-refractivity contribution is 5.86. The fourth-order valence-electron chi connectivity index (χ4n) is 1.77. The van der Waals surface area contributed by atoms with Gasteiger partial charge in [0.2, 0.25) is 5.91 Å². The number of carbonyl (C=O) groups excluding carboxylic acids is 1. The second-order valence-electron chi connectivity index (χ2n) is 4.79. The third-order valence-electron chi connectivity index (χ3n) is 3.02. The molecule has 0 rings (SSSR count). The number of aliphatic carboxylic acids is 1. The molecule has 0 aliphatic rings. The molecule has 1 unspecified atom stereocenters. The molecule has 2 atom stereocenters. The van der Waals surface area contributed by atoms with E-state index >= 15 is 0 Å². The zero-order valence-electron chi connectivity index (χ0n) is 11.7. The van der Waals surface area contributed by atoms with E-state index in [1.807, 2.05) is 0 Å². The second kappa shape index (κ2) is 10.8. The van der Waals surface area contributed by atoms with E-state index in [4.69, 9.17) is 16.6 Å². The molecule has 6 N–H and O–H groups in total. The number of nitrogens with one attached hydrogen (secondary N) is 1. The number of unbranched alkanes of at least 4 members (excludes halogenated alkanes) is 3. The van der Waals surface area contributed by atoms with Crippen LogP contribution >= 0.6 is 0 Å². The van der Waals surface area contributed by atoms with Crippen molar-refractivity contribution in [1.29, 1.82) is 0 Å². The van der Waals surface area contributed by atoms with E-state index in [1.165, 1.54) is 0 Å². The Bertz CT molecular complexity index is 272. The van der Waals surface area contributed by atoms with Crippen LogP contribution < -0.4 is 16.8 Å². The van der Waals surface area contributed by atoms with E-state index in [-0.39, 0.29) is 5.91 Å². The summed E-state index contributed by atoms with van der Waals surface area (Å²) in [4.78, 5) is 22.8. The Labute approximate surface area is 114 Å². The summed E-state index contributed by atoms with van der Waals surface area (Å²) in [6.07, 6.45) is 5.39. The summed E-state index contributed by atoms with van der Waals surface area (Å²) in [5, 5.41) is 11.5. The van der Waals surface area contributed by atoms with Gasteiger partial charge in [0, 0.05) is 0 Å². The Hall–Kier alpha value is -1.14. The van der Waals surface area contributed by atoms with Crippen LogP contribution in [0, 0.1) is 0 Å². The molecule has 6 heteroatoms. The van der Waals surface area contributed by atoms with Crippen LogP contribution in [0.2, 0.25) is 0 Å².